The van der Waals surface area contributed by atoms with Gasteiger partial charge >= 0.3 is 296 Å². The van der Waals surface area contributed by atoms with Crippen LogP contribution in [0.5, 0.6) is 0 Å². The molecule has 0 saturated heterocycles. The number of halogens is 1. The van der Waals surface area contributed by atoms with Crippen molar-refractivity contribution in [3.8, 4) is 0 Å². The second-order valence-corrected chi connectivity index (χ2v) is 6.34. The van der Waals surface area contributed by atoms with Crippen LogP contribution in [0, 0.1) is 0 Å². The SMILES string of the molecule is [K+].[K+].[K+].[K+].[K+].[O-][I+]([O-])([O-])([O-])([O-])[O-]. The summed E-state index contributed by atoms with van der Waals surface area (Å²) in [6.45, 7) is 0. The van der Waals surface area contributed by atoms with Crippen LogP contribution in [0.25, 0.3) is 0 Å². The molecule has 0 atom stereocenters. The van der Waals surface area contributed by atoms with Crippen molar-refractivity contribution in [2.24, 2.45) is 0 Å². The molecule has 6 nitrogen and oxygen atoms in total. The fourth-order valence-corrected chi connectivity index (χ4v) is 0. The molecule has 0 rings (SSSR count). The summed E-state index contributed by atoms with van der Waals surface area (Å²) < 4.78 is 52.0. The average Bonchev–Trinajstić information content (AvgIpc) is 0.592. The molecule has 12 heavy (non-hydrogen) atoms. The quantitative estimate of drug-likeness (QED) is 0.283. The molecular formula is IK5O6. The van der Waals surface area contributed by atoms with Gasteiger partial charge in [0.25, 0.3) is 0 Å². The first kappa shape index (κ1) is 37.2. The predicted octanol–water partition coefficient (Wildman–Crippen LogP) is -25.1. The Morgan fingerprint density at radius 2 is 0.417 bits per heavy atom. The van der Waals surface area contributed by atoms with E-state index >= 15 is 0 Å². The van der Waals surface area contributed by atoms with Gasteiger partial charge in [-0.1, -0.05) is 0 Å². The first-order valence-electron chi connectivity index (χ1n) is 0.926. The summed E-state index contributed by atoms with van der Waals surface area (Å²) in [4.78, 5) is 0. The van der Waals surface area contributed by atoms with E-state index in [0.29, 0.717) is 0 Å². The van der Waals surface area contributed by atoms with Gasteiger partial charge in [-0.2, -0.15) is 0 Å². The Bertz CT molecular complexity index is 74.5. The second kappa shape index (κ2) is 12.2. The van der Waals surface area contributed by atoms with E-state index in [-0.39, 0.29) is 257 Å². The molecule has 0 fully saturated rings. The molecule has 0 unspecified atom stereocenters. The van der Waals surface area contributed by atoms with Crippen LogP contribution < -0.4 is 296 Å². The van der Waals surface area contributed by atoms with Crippen molar-refractivity contribution in [2.45, 2.75) is 0 Å². The Labute approximate surface area is 284 Å². The van der Waals surface area contributed by atoms with Crippen LogP contribution in [-0.4, -0.2) is 0 Å². The molecule has 48 valence electrons. The zero-order chi connectivity index (χ0) is 6.41. The Morgan fingerprint density at radius 3 is 0.417 bits per heavy atom. The maximum absolute atomic E-state index is 9.62. The number of hydrogen-bond donors (Lipinski definition) is 0. The summed E-state index contributed by atoms with van der Waals surface area (Å²) in [7, 11) is 0. The van der Waals surface area contributed by atoms with E-state index in [1.165, 1.54) is 0 Å². The third-order valence-electron chi connectivity index (χ3n) is 0. The molecular weight excluding hydrogens is 418 g/mol. The van der Waals surface area contributed by atoms with Crippen LogP contribution in [0.4, 0.5) is 0 Å². The summed E-state index contributed by atoms with van der Waals surface area (Å²) >= 11 is -9.62. The third kappa shape index (κ3) is 77.5. The summed E-state index contributed by atoms with van der Waals surface area (Å²) in [6.07, 6.45) is 0. The van der Waals surface area contributed by atoms with Gasteiger partial charge in [-0.05, 0) is 0 Å². The molecule has 0 aromatic rings. The van der Waals surface area contributed by atoms with Gasteiger partial charge in [-0.3, -0.25) is 0 Å². The fraction of sp³-hybridized carbons (Fsp3) is 0. The molecule has 0 amide bonds. The summed E-state index contributed by atoms with van der Waals surface area (Å²) in [6, 6.07) is 0. The second-order valence-electron chi connectivity index (χ2n) is 0.945. The van der Waals surface area contributed by atoms with E-state index in [2.05, 4.69) is 0 Å². The van der Waals surface area contributed by atoms with Gasteiger partial charge in [-0.15, -0.1) is 0 Å². The van der Waals surface area contributed by atoms with Gasteiger partial charge in [0.2, 0.25) is 0 Å². The molecule has 0 bridgehead atoms. The van der Waals surface area contributed by atoms with Crippen molar-refractivity contribution in [3.63, 3.8) is 0 Å². The van der Waals surface area contributed by atoms with Crippen LogP contribution in [0.1, 0.15) is 0 Å². The summed E-state index contributed by atoms with van der Waals surface area (Å²) in [5.74, 6) is 0. The molecule has 0 aliphatic carbocycles. The molecule has 0 heterocycles. The van der Waals surface area contributed by atoms with Gasteiger partial charge in [0.1, 0.15) is 0 Å². The Hall–Kier alpha value is 8.67. The van der Waals surface area contributed by atoms with Crippen LogP contribution in [0.2, 0.25) is 0 Å². The van der Waals surface area contributed by atoms with Gasteiger partial charge in [-0.25, -0.2) is 0 Å². The molecule has 0 spiro atoms. The Morgan fingerprint density at radius 1 is 0.417 bits per heavy atom. The van der Waals surface area contributed by atoms with E-state index in [0.717, 1.165) is 0 Å². The topological polar surface area (TPSA) is 138 Å². The molecule has 0 N–H and O–H groups in total. The van der Waals surface area contributed by atoms with Crippen molar-refractivity contribution < 1.29 is 296 Å². The van der Waals surface area contributed by atoms with Crippen LogP contribution >= 0.6 is 0 Å². The van der Waals surface area contributed by atoms with E-state index in [4.69, 9.17) is 20.6 Å². The molecule has 0 saturated carbocycles. The first-order chi connectivity index (χ1) is 2.45. The van der Waals surface area contributed by atoms with Crippen LogP contribution in [0.3, 0.4) is 0 Å². The zero-order valence-electron chi connectivity index (χ0n) is 7.83. The normalized spacial score (nSPS) is 13.5. The van der Waals surface area contributed by atoms with Gasteiger partial charge in [0.15, 0.2) is 0 Å². The van der Waals surface area contributed by atoms with Crippen molar-refractivity contribution in [1.82, 2.24) is 0 Å². The molecule has 0 aliphatic rings. The van der Waals surface area contributed by atoms with Crippen molar-refractivity contribution >= 4 is 0 Å². The van der Waals surface area contributed by atoms with Gasteiger partial charge < -0.3 is 0 Å². The standard InChI is InChI=1S/IO6.5K/c2-1(3,4,5,6)7;;;;;/q-5;5*+1. The molecule has 0 aromatic heterocycles. The van der Waals surface area contributed by atoms with E-state index in [1.807, 2.05) is 0 Å². The van der Waals surface area contributed by atoms with E-state index in [1.54, 1.807) is 0 Å². The fourth-order valence-electron chi connectivity index (χ4n) is 0. The Kier molecular flexibility index (Phi) is 37.9. The third-order valence-corrected chi connectivity index (χ3v) is 0. The predicted molar refractivity (Wildman–Crippen MR) is 0 cm³/mol. The summed E-state index contributed by atoms with van der Waals surface area (Å²) in [5, 5.41) is 0. The molecule has 0 aliphatic heterocycles. The monoisotopic (exact) mass is 418 g/mol. The first-order valence-corrected chi connectivity index (χ1v) is 6.21. The van der Waals surface area contributed by atoms with Gasteiger partial charge in [0.05, 0.1) is 0 Å². The molecule has 12 heteroatoms. The minimum absolute atomic E-state index is 0. The molecule has 0 aromatic carbocycles. The van der Waals surface area contributed by atoms with Crippen molar-refractivity contribution in [2.75, 3.05) is 0 Å². The van der Waals surface area contributed by atoms with Crippen molar-refractivity contribution in [3.05, 3.63) is 0 Å². The summed E-state index contributed by atoms with van der Waals surface area (Å²) in [5.41, 5.74) is 0. The Balaban J connectivity index is -0.0000000180. The average molecular weight is 418 g/mol. The molecule has 0 radical (unpaired) electrons. The van der Waals surface area contributed by atoms with E-state index in [9.17, 15) is 0 Å². The maximum atomic E-state index is 8.66. The van der Waals surface area contributed by atoms with Crippen LogP contribution in [-0.2, 0) is 0 Å². The van der Waals surface area contributed by atoms with Crippen LogP contribution in [0.15, 0.2) is 0 Å². The van der Waals surface area contributed by atoms with E-state index < -0.39 is 18.2 Å². The van der Waals surface area contributed by atoms with Crippen molar-refractivity contribution in [1.29, 1.82) is 0 Å². The van der Waals surface area contributed by atoms with Gasteiger partial charge in [0, 0.05) is 0 Å². The number of rotatable bonds is 0. The number of hydrogen-bond acceptors (Lipinski definition) is 6. The zero-order valence-corrected chi connectivity index (χ0v) is 25.6. The minimum atomic E-state index is -9.62.